The molecule has 0 bridgehead atoms. The van der Waals surface area contributed by atoms with E-state index >= 15 is 0 Å². The molecule has 1 aromatic heterocycles. The first kappa shape index (κ1) is 17.0. The van der Waals surface area contributed by atoms with E-state index in [0.717, 1.165) is 28.1 Å². The lowest BCUT2D eigenvalue weighted by Gasteiger charge is -2.04. The van der Waals surface area contributed by atoms with Crippen molar-refractivity contribution < 1.29 is 18.3 Å². The quantitative estimate of drug-likeness (QED) is 0.736. The van der Waals surface area contributed by atoms with Crippen LogP contribution in [0.25, 0.3) is 10.4 Å². The van der Waals surface area contributed by atoms with Gasteiger partial charge < -0.3 is 4.74 Å². The molecule has 1 amide bonds. The lowest BCUT2D eigenvalue weighted by molar-refractivity contribution is 0.101. The molecule has 128 valence electrons. The van der Waals surface area contributed by atoms with Gasteiger partial charge in [-0.1, -0.05) is 47.2 Å². The summed E-state index contributed by atoms with van der Waals surface area (Å²) in [5.74, 6) is -2.43. The number of halogens is 2. The minimum Gasteiger partial charge on any atom is -0.480 e. The second kappa shape index (κ2) is 6.98. The number of aryl methyl sites for hydroxylation is 1. The van der Waals surface area contributed by atoms with E-state index in [1.807, 2.05) is 31.2 Å². The summed E-state index contributed by atoms with van der Waals surface area (Å²) >= 11 is 1.17. The number of methoxy groups -OCH3 is 1. The Bertz CT molecular complexity index is 920. The van der Waals surface area contributed by atoms with Crippen molar-refractivity contribution in [1.82, 2.24) is 4.98 Å². The minimum atomic E-state index is -0.931. The summed E-state index contributed by atoms with van der Waals surface area (Å²) in [5, 5.41) is 2.62. The number of thiazole rings is 1. The topological polar surface area (TPSA) is 51.2 Å². The molecule has 0 radical (unpaired) electrons. The summed E-state index contributed by atoms with van der Waals surface area (Å²) < 4.78 is 32.7. The van der Waals surface area contributed by atoms with E-state index in [2.05, 4.69) is 10.3 Å². The zero-order valence-electron chi connectivity index (χ0n) is 13.5. The predicted molar refractivity (Wildman–Crippen MR) is 93.2 cm³/mol. The van der Waals surface area contributed by atoms with Crippen LogP contribution in [0.1, 0.15) is 15.9 Å². The number of hydrogen-bond donors (Lipinski definition) is 1. The predicted octanol–water partition coefficient (Wildman–Crippen LogP) is 4.66. The van der Waals surface area contributed by atoms with Gasteiger partial charge in [-0.15, -0.1) is 0 Å². The van der Waals surface area contributed by atoms with Crippen LogP contribution in [0, 0.1) is 18.6 Å². The molecule has 1 N–H and O–H groups in total. The number of benzene rings is 2. The summed E-state index contributed by atoms with van der Waals surface area (Å²) in [7, 11) is 1.47. The van der Waals surface area contributed by atoms with Gasteiger partial charge in [0.25, 0.3) is 5.91 Å². The van der Waals surface area contributed by atoms with Crippen LogP contribution >= 0.6 is 11.3 Å². The summed E-state index contributed by atoms with van der Waals surface area (Å²) in [4.78, 5) is 17.1. The van der Waals surface area contributed by atoms with Crippen LogP contribution in [0.5, 0.6) is 5.88 Å². The highest BCUT2D eigenvalue weighted by molar-refractivity contribution is 7.19. The highest BCUT2D eigenvalue weighted by Gasteiger charge is 2.20. The molecule has 0 saturated carbocycles. The molecule has 2 aromatic carbocycles. The van der Waals surface area contributed by atoms with E-state index in [0.29, 0.717) is 5.88 Å². The fraction of sp³-hybridized carbons (Fsp3) is 0.111. The van der Waals surface area contributed by atoms with Gasteiger partial charge in [0, 0.05) is 0 Å². The molecule has 0 saturated heterocycles. The van der Waals surface area contributed by atoms with Crippen molar-refractivity contribution in [3.8, 4) is 16.3 Å². The van der Waals surface area contributed by atoms with Crippen LogP contribution < -0.4 is 10.1 Å². The maximum Gasteiger partial charge on any atom is 0.263 e. The molecule has 0 atom stereocenters. The van der Waals surface area contributed by atoms with Crippen molar-refractivity contribution in [1.29, 1.82) is 0 Å². The van der Waals surface area contributed by atoms with E-state index in [4.69, 9.17) is 4.74 Å². The molecular weight excluding hydrogens is 346 g/mol. The van der Waals surface area contributed by atoms with Gasteiger partial charge in [0.15, 0.2) is 5.13 Å². The average molecular weight is 360 g/mol. The summed E-state index contributed by atoms with van der Waals surface area (Å²) in [6.07, 6.45) is 0. The normalized spacial score (nSPS) is 10.6. The van der Waals surface area contributed by atoms with Crippen molar-refractivity contribution in [2.24, 2.45) is 0 Å². The van der Waals surface area contributed by atoms with Crippen LogP contribution in [0.15, 0.2) is 42.5 Å². The first-order valence-corrected chi connectivity index (χ1v) is 8.18. The number of carbonyl (C=O) groups excluding carboxylic acids is 1. The largest absolute Gasteiger partial charge is 0.480 e. The molecule has 0 aliphatic rings. The Balaban J connectivity index is 1.93. The monoisotopic (exact) mass is 360 g/mol. The molecule has 25 heavy (non-hydrogen) atoms. The maximum absolute atomic E-state index is 13.7. The summed E-state index contributed by atoms with van der Waals surface area (Å²) in [6, 6.07) is 11.0. The molecule has 4 nitrogen and oxygen atoms in total. The van der Waals surface area contributed by atoms with Crippen molar-refractivity contribution in [2.75, 3.05) is 12.4 Å². The standard InChI is InChI=1S/C18H14F2N2O2S/c1-10-5-3-6-11(9-10)15-17(24-2)22-18(25-15)21-16(23)14-12(19)7-4-8-13(14)20/h3-9H,1-2H3,(H,21,22,23). The Morgan fingerprint density at radius 1 is 1.16 bits per heavy atom. The Hall–Kier alpha value is -2.80. The average Bonchev–Trinajstić information content (AvgIpc) is 2.97. The number of anilines is 1. The molecule has 1 heterocycles. The Labute approximate surface area is 147 Å². The van der Waals surface area contributed by atoms with E-state index in [1.165, 1.54) is 24.5 Å². The van der Waals surface area contributed by atoms with Gasteiger partial charge in [0.2, 0.25) is 5.88 Å². The van der Waals surface area contributed by atoms with Crippen molar-refractivity contribution >= 4 is 22.4 Å². The molecule has 0 fully saturated rings. The summed E-state index contributed by atoms with van der Waals surface area (Å²) in [5.41, 5.74) is 1.30. The van der Waals surface area contributed by atoms with Crippen molar-refractivity contribution in [2.45, 2.75) is 6.92 Å². The maximum atomic E-state index is 13.7. The molecule has 0 aliphatic carbocycles. The van der Waals surface area contributed by atoms with E-state index in [-0.39, 0.29) is 5.13 Å². The number of ether oxygens (including phenoxy) is 1. The number of aromatic nitrogens is 1. The smallest absolute Gasteiger partial charge is 0.263 e. The number of hydrogen-bond acceptors (Lipinski definition) is 4. The minimum absolute atomic E-state index is 0.195. The Morgan fingerprint density at radius 3 is 2.48 bits per heavy atom. The van der Waals surface area contributed by atoms with Crippen molar-refractivity contribution in [3.63, 3.8) is 0 Å². The third-order valence-corrected chi connectivity index (χ3v) is 4.48. The van der Waals surface area contributed by atoms with Gasteiger partial charge in [0.05, 0.1) is 7.11 Å². The fourth-order valence-electron chi connectivity index (χ4n) is 2.34. The fourth-order valence-corrected chi connectivity index (χ4v) is 3.27. The van der Waals surface area contributed by atoms with Gasteiger partial charge in [-0.25, -0.2) is 8.78 Å². The number of amides is 1. The number of rotatable bonds is 4. The molecular formula is C18H14F2N2O2S. The van der Waals surface area contributed by atoms with Gasteiger partial charge in [-0.3, -0.25) is 10.1 Å². The lowest BCUT2D eigenvalue weighted by Crippen LogP contribution is -2.15. The Kier molecular flexibility index (Phi) is 4.76. The molecule has 0 spiro atoms. The van der Waals surface area contributed by atoms with Crippen LogP contribution in [0.3, 0.4) is 0 Å². The highest BCUT2D eigenvalue weighted by Crippen LogP contribution is 2.38. The second-order valence-corrected chi connectivity index (χ2v) is 6.28. The van der Waals surface area contributed by atoms with Crippen LogP contribution in [0.4, 0.5) is 13.9 Å². The SMILES string of the molecule is COc1nc(NC(=O)c2c(F)cccc2F)sc1-c1cccc(C)c1. The third-order valence-electron chi connectivity index (χ3n) is 3.48. The Morgan fingerprint density at radius 2 is 1.84 bits per heavy atom. The zero-order valence-corrected chi connectivity index (χ0v) is 14.3. The van der Waals surface area contributed by atoms with Crippen LogP contribution in [-0.2, 0) is 0 Å². The van der Waals surface area contributed by atoms with Gasteiger partial charge >= 0.3 is 0 Å². The molecule has 3 aromatic rings. The van der Waals surface area contributed by atoms with Gasteiger partial charge in [0.1, 0.15) is 22.1 Å². The van der Waals surface area contributed by atoms with Crippen LogP contribution in [0.2, 0.25) is 0 Å². The number of nitrogens with zero attached hydrogens (tertiary/aromatic N) is 1. The van der Waals surface area contributed by atoms with E-state index < -0.39 is 23.1 Å². The van der Waals surface area contributed by atoms with E-state index in [1.54, 1.807) is 0 Å². The molecule has 3 rings (SSSR count). The second-order valence-electron chi connectivity index (χ2n) is 5.28. The zero-order chi connectivity index (χ0) is 18.0. The van der Waals surface area contributed by atoms with Gasteiger partial charge in [-0.05, 0) is 24.6 Å². The molecule has 0 aliphatic heterocycles. The first-order chi connectivity index (χ1) is 12.0. The number of nitrogens with one attached hydrogen (secondary N) is 1. The molecule has 0 unspecified atom stereocenters. The number of carbonyl (C=O) groups is 1. The van der Waals surface area contributed by atoms with Crippen molar-refractivity contribution in [3.05, 3.63) is 65.2 Å². The van der Waals surface area contributed by atoms with Crippen LogP contribution in [-0.4, -0.2) is 18.0 Å². The summed E-state index contributed by atoms with van der Waals surface area (Å²) in [6.45, 7) is 1.96. The third kappa shape index (κ3) is 3.51. The lowest BCUT2D eigenvalue weighted by atomic mass is 10.1. The first-order valence-electron chi connectivity index (χ1n) is 7.37. The highest BCUT2D eigenvalue weighted by atomic mass is 32.1. The van der Waals surface area contributed by atoms with Gasteiger partial charge in [-0.2, -0.15) is 4.98 Å². The molecule has 7 heteroatoms. The van der Waals surface area contributed by atoms with E-state index in [9.17, 15) is 13.6 Å².